The lowest BCUT2D eigenvalue weighted by Gasteiger charge is -2.13. The highest BCUT2D eigenvalue weighted by molar-refractivity contribution is 6.08. The van der Waals surface area contributed by atoms with Crippen molar-refractivity contribution >= 4 is 11.8 Å². The van der Waals surface area contributed by atoms with Crippen LogP contribution in [0, 0.1) is 5.92 Å². The number of unbranched alkanes of at least 4 members (excludes halogenated alkanes) is 5. The third kappa shape index (κ3) is 6.20. The SMILES string of the molecule is C=COC(=O)C(CCCCCCCC)C(=O)c1cccnc1. The number of aromatic nitrogens is 1. The summed E-state index contributed by atoms with van der Waals surface area (Å²) in [5.74, 6) is -1.53. The van der Waals surface area contributed by atoms with Gasteiger partial charge in [-0.1, -0.05) is 52.0 Å². The third-order valence-corrected chi connectivity index (χ3v) is 3.59. The van der Waals surface area contributed by atoms with Crippen LogP contribution in [-0.4, -0.2) is 16.7 Å². The van der Waals surface area contributed by atoms with Crippen molar-refractivity contribution in [3.05, 3.63) is 42.9 Å². The van der Waals surface area contributed by atoms with Crippen molar-refractivity contribution in [1.82, 2.24) is 4.98 Å². The Labute approximate surface area is 132 Å². The summed E-state index contributed by atoms with van der Waals surface area (Å²) >= 11 is 0. The van der Waals surface area contributed by atoms with Gasteiger partial charge >= 0.3 is 5.97 Å². The number of carbonyl (C=O) groups is 2. The molecule has 1 rings (SSSR count). The molecule has 1 aromatic rings. The lowest BCUT2D eigenvalue weighted by molar-refractivity contribution is -0.141. The van der Waals surface area contributed by atoms with Crippen LogP contribution in [0.15, 0.2) is 37.4 Å². The molecular weight excluding hydrogens is 278 g/mol. The van der Waals surface area contributed by atoms with Crippen LogP contribution in [0.25, 0.3) is 0 Å². The first-order valence-corrected chi connectivity index (χ1v) is 7.96. The Kier molecular flexibility index (Phi) is 8.80. The molecule has 0 spiro atoms. The predicted octanol–water partition coefficient (Wildman–Crippen LogP) is 4.32. The molecule has 1 heterocycles. The van der Waals surface area contributed by atoms with Gasteiger partial charge in [-0.2, -0.15) is 0 Å². The topological polar surface area (TPSA) is 56.3 Å². The van der Waals surface area contributed by atoms with Gasteiger partial charge in [-0.3, -0.25) is 14.6 Å². The van der Waals surface area contributed by atoms with Gasteiger partial charge in [0.25, 0.3) is 0 Å². The maximum absolute atomic E-state index is 12.5. The van der Waals surface area contributed by atoms with Crippen molar-refractivity contribution in [2.24, 2.45) is 5.92 Å². The molecule has 0 saturated heterocycles. The predicted molar refractivity (Wildman–Crippen MR) is 86.3 cm³/mol. The van der Waals surface area contributed by atoms with E-state index in [0.717, 1.165) is 25.5 Å². The monoisotopic (exact) mass is 303 g/mol. The van der Waals surface area contributed by atoms with E-state index >= 15 is 0 Å². The molecule has 0 aliphatic rings. The largest absolute Gasteiger partial charge is 0.435 e. The van der Waals surface area contributed by atoms with Gasteiger partial charge in [-0.25, -0.2) is 0 Å². The molecule has 1 unspecified atom stereocenters. The maximum atomic E-state index is 12.5. The molecule has 0 aliphatic heterocycles. The Bertz CT molecular complexity index is 470. The quantitative estimate of drug-likeness (QED) is 0.201. The van der Waals surface area contributed by atoms with Gasteiger partial charge in [-0.05, 0) is 18.6 Å². The number of ketones is 1. The summed E-state index contributed by atoms with van der Waals surface area (Å²) in [5, 5.41) is 0. The number of Topliss-reactive ketones (excluding diaryl/α,β-unsaturated/α-hetero) is 1. The van der Waals surface area contributed by atoms with E-state index in [4.69, 9.17) is 4.74 Å². The van der Waals surface area contributed by atoms with Crippen LogP contribution in [0.1, 0.15) is 62.2 Å². The number of ether oxygens (including phenoxy) is 1. The average Bonchev–Trinajstić information content (AvgIpc) is 2.54. The molecule has 4 heteroatoms. The minimum absolute atomic E-state index is 0.228. The Morgan fingerprint density at radius 2 is 2.00 bits per heavy atom. The normalized spacial score (nSPS) is 11.7. The highest BCUT2D eigenvalue weighted by atomic mass is 16.5. The van der Waals surface area contributed by atoms with Gasteiger partial charge in [0.2, 0.25) is 0 Å². The van der Waals surface area contributed by atoms with E-state index in [0.29, 0.717) is 12.0 Å². The van der Waals surface area contributed by atoms with Crippen LogP contribution in [-0.2, 0) is 9.53 Å². The number of hydrogen-bond donors (Lipinski definition) is 0. The molecule has 4 nitrogen and oxygen atoms in total. The van der Waals surface area contributed by atoms with Gasteiger partial charge < -0.3 is 4.74 Å². The molecule has 0 bridgehead atoms. The van der Waals surface area contributed by atoms with Crippen LogP contribution in [0.4, 0.5) is 0 Å². The van der Waals surface area contributed by atoms with Crippen LogP contribution < -0.4 is 0 Å². The van der Waals surface area contributed by atoms with E-state index in [2.05, 4.69) is 18.5 Å². The minimum atomic E-state index is -0.770. The number of pyridine rings is 1. The van der Waals surface area contributed by atoms with Crippen molar-refractivity contribution < 1.29 is 14.3 Å². The number of rotatable bonds is 11. The summed E-state index contributed by atoms with van der Waals surface area (Å²) in [6.45, 7) is 5.55. The summed E-state index contributed by atoms with van der Waals surface area (Å²) in [6.07, 6.45) is 11.3. The second kappa shape index (κ2) is 10.7. The van der Waals surface area contributed by atoms with E-state index in [1.54, 1.807) is 18.3 Å². The molecule has 0 saturated carbocycles. The van der Waals surface area contributed by atoms with Crippen LogP contribution in [0.2, 0.25) is 0 Å². The molecule has 120 valence electrons. The van der Waals surface area contributed by atoms with Crippen molar-refractivity contribution in [3.8, 4) is 0 Å². The third-order valence-electron chi connectivity index (χ3n) is 3.59. The molecule has 0 aliphatic carbocycles. The first-order valence-electron chi connectivity index (χ1n) is 7.96. The Morgan fingerprint density at radius 1 is 1.27 bits per heavy atom. The average molecular weight is 303 g/mol. The molecule has 1 atom stereocenters. The van der Waals surface area contributed by atoms with Gasteiger partial charge in [0.05, 0.1) is 6.26 Å². The van der Waals surface area contributed by atoms with Crippen LogP contribution >= 0.6 is 0 Å². The first kappa shape index (κ1) is 18.1. The summed E-state index contributed by atoms with van der Waals surface area (Å²) in [5.41, 5.74) is 0.444. The van der Waals surface area contributed by atoms with Gasteiger partial charge in [0.1, 0.15) is 5.92 Å². The molecule has 0 amide bonds. The van der Waals surface area contributed by atoms with Gasteiger partial charge in [-0.15, -0.1) is 0 Å². The van der Waals surface area contributed by atoms with E-state index in [9.17, 15) is 9.59 Å². The highest BCUT2D eigenvalue weighted by Gasteiger charge is 2.28. The highest BCUT2D eigenvalue weighted by Crippen LogP contribution is 2.18. The zero-order valence-electron chi connectivity index (χ0n) is 13.3. The van der Waals surface area contributed by atoms with Crippen LogP contribution in [0.3, 0.4) is 0 Å². The zero-order chi connectivity index (χ0) is 16.2. The number of esters is 1. The Morgan fingerprint density at radius 3 is 2.64 bits per heavy atom. The first-order chi connectivity index (χ1) is 10.7. The number of nitrogens with zero attached hydrogens (tertiary/aromatic N) is 1. The molecular formula is C18H25NO3. The fourth-order valence-electron chi connectivity index (χ4n) is 2.36. The fourth-order valence-corrected chi connectivity index (χ4v) is 2.36. The van der Waals surface area contributed by atoms with E-state index in [1.165, 1.54) is 25.5 Å². The summed E-state index contributed by atoms with van der Waals surface area (Å²) < 4.78 is 4.83. The summed E-state index contributed by atoms with van der Waals surface area (Å²) in [7, 11) is 0. The summed E-state index contributed by atoms with van der Waals surface area (Å²) in [6, 6.07) is 3.36. The molecule has 1 aromatic heterocycles. The molecule has 22 heavy (non-hydrogen) atoms. The van der Waals surface area contributed by atoms with E-state index < -0.39 is 11.9 Å². The van der Waals surface area contributed by atoms with E-state index in [1.807, 2.05) is 0 Å². The van der Waals surface area contributed by atoms with Crippen molar-refractivity contribution in [3.63, 3.8) is 0 Å². The maximum Gasteiger partial charge on any atom is 0.321 e. The lowest BCUT2D eigenvalue weighted by atomic mass is 9.92. The fraction of sp³-hybridized carbons (Fsp3) is 0.500. The van der Waals surface area contributed by atoms with Crippen molar-refractivity contribution in [1.29, 1.82) is 0 Å². The molecule has 0 radical (unpaired) electrons. The Balaban J connectivity index is 2.58. The Hall–Kier alpha value is -1.97. The summed E-state index contributed by atoms with van der Waals surface area (Å²) in [4.78, 5) is 28.4. The standard InChI is InChI=1S/C18H25NO3/c1-3-5-6-7-8-9-12-16(18(21)22-4-2)17(20)15-11-10-13-19-14-15/h4,10-11,13-14,16H,2-3,5-9,12H2,1H3. The van der Waals surface area contributed by atoms with Gasteiger partial charge in [0.15, 0.2) is 5.78 Å². The second-order valence-electron chi connectivity index (χ2n) is 5.32. The smallest absolute Gasteiger partial charge is 0.321 e. The minimum Gasteiger partial charge on any atom is -0.435 e. The molecule has 0 aromatic carbocycles. The second-order valence-corrected chi connectivity index (χ2v) is 5.32. The van der Waals surface area contributed by atoms with Crippen LogP contribution in [0.5, 0.6) is 0 Å². The zero-order valence-corrected chi connectivity index (χ0v) is 13.3. The molecule has 0 fully saturated rings. The number of carbonyl (C=O) groups excluding carboxylic acids is 2. The van der Waals surface area contributed by atoms with E-state index in [-0.39, 0.29) is 5.78 Å². The van der Waals surface area contributed by atoms with Crippen molar-refractivity contribution in [2.75, 3.05) is 0 Å². The molecule has 0 N–H and O–H groups in total. The van der Waals surface area contributed by atoms with Crippen molar-refractivity contribution in [2.45, 2.75) is 51.9 Å². The number of hydrogen-bond acceptors (Lipinski definition) is 4. The van der Waals surface area contributed by atoms with Gasteiger partial charge in [0, 0.05) is 18.0 Å². The lowest BCUT2D eigenvalue weighted by Crippen LogP contribution is -2.25.